The van der Waals surface area contributed by atoms with Crippen molar-refractivity contribution in [3.63, 3.8) is 0 Å². The zero-order valence-electron chi connectivity index (χ0n) is 14.5. The number of hydrogen-bond acceptors (Lipinski definition) is 4. The molecule has 0 aliphatic carbocycles. The molecule has 1 aromatic heterocycles. The van der Waals surface area contributed by atoms with Gasteiger partial charge >= 0.3 is 6.18 Å². The highest BCUT2D eigenvalue weighted by molar-refractivity contribution is 5.92. The summed E-state index contributed by atoms with van der Waals surface area (Å²) in [5.41, 5.74) is -3.51. The second kappa shape index (κ2) is 7.69. The normalized spacial score (nSPS) is 20.1. The molecule has 1 fully saturated rings. The van der Waals surface area contributed by atoms with Gasteiger partial charge in [0, 0.05) is 12.7 Å². The van der Waals surface area contributed by atoms with Crippen molar-refractivity contribution < 1.29 is 23.1 Å². The number of alkyl halides is 3. The van der Waals surface area contributed by atoms with Gasteiger partial charge in [0.05, 0.1) is 12.6 Å². The van der Waals surface area contributed by atoms with Crippen molar-refractivity contribution in [1.82, 2.24) is 20.4 Å². The van der Waals surface area contributed by atoms with Crippen LogP contribution in [0.3, 0.4) is 0 Å². The summed E-state index contributed by atoms with van der Waals surface area (Å²) < 4.78 is 42.0. The van der Waals surface area contributed by atoms with Crippen LogP contribution in [0, 0.1) is 0 Å². The van der Waals surface area contributed by atoms with Crippen LogP contribution in [0.2, 0.25) is 0 Å². The molecule has 2 unspecified atom stereocenters. The Bertz CT molecular complexity index is 772. The Balaban J connectivity index is 1.70. The van der Waals surface area contributed by atoms with Crippen LogP contribution in [0.5, 0.6) is 0 Å². The van der Waals surface area contributed by atoms with Gasteiger partial charge in [0.1, 0.15) is 5.69 Å². The first-order valence-corrected chi connectivity index (χ1v) is 8.70. The van der Waals surface area contributed by atoms with E-state index < -0.39 is 24.2 Å². The maximum Gasteiger partial charge on any atom is 0.423 e. The van der Waals surface area contributed by atoms with Crippen LogP contribution in [0.1, 0.15) is 34.9 Å². The number of benzene rings is 1. The molecule has 1 aliphatic heterocycles. The van der Waals surface area contributed by atoms with Crippen molar-refractivity contribution in [3.05, 3.63) is 53.9 Å². The molecule has 3 N–H and O–H groups in total. The number of piperidine rings is 1. The van der Waals surface area contributed by atoms with E-state index in [2.05, 4.69) is 15.7 Å². The second-order valence-corrected chi connectivity index (χ2v) is 6.59. The zero-order chi connectivity index (χ0) is 19.5. The molecule has 0 bridgehead atoms. The second-order valence-electron chi connectivity index (χ2n) is 6.59. The molecule has 1 amide bonds. The fourth-order valence-electron chi connectivity index (χ4n) is 3.10. The first kappa shape index (κ1) is 19.4. The monoisotopic (exact) mass is 382 g/mol. The molecule has 27 heavy (non-hydrogen) atoms. The average molecular weight is 382 g/mol. The number of rotatable bonds is 5. The maximum absolute atomic E-state index is 13.5. The lowest BCUT2D eigenvalue weighted by molar-refractivity contribution is -0.263. The topological polar surface area (TPSA) is 79.2 Å². The number of hydrogen-bond donors (Lipinski definition) is 3. The van der Waals surface area contributed by atoms with E-state index in [1.165, 1.54) is 30.3 Å². The van der Waals surface area contributed by atoms with Gasteiger partial charge in [-0.2, -0.15) is 18.3 Å². The summed E-state index contributed by atoms with van der Waals surface area (Å²) in [6, 6.07) is 8.25. The Morgan fingerprint density at radius 3 is 2.67 bits per heavy atom. The summed E-state index contributed by atoms with van der Waals surface area (Å²) in [6.07, 6.45) is -1.41. The van der Waals surface area contributed by atoms with E-state index in [4.69, 9.17) is 0 Å². The number of carbonyl (C=O) groups is 1. The summed E-state index contributed by atoms with van der Waals surface area (Å²) in [4.78, 5) is 12.3. The third-order valence-electron chi connectivity index (χ3n) is 4.71. The summed E-state index contributed by atoms with van der Waals surface area (Å²) in [7, 11) is 0. The van der Waals surface area contributed by atoms with Gasteiger partial charge in [0.2, 0.25) is 5.60 Å². The van der Waals surface area contributed by atoms with Crippen molar-refractivity contribution >= 4 is 5.91 Å². The minimum absolute atomic E-state index is 0.0122. The number of nitrogens with one attached hydrogen (secondary N) is 2. The summed E-state index contributed by atoms with van der Waals surface area (Å²) in [6.45, 7) is 0.655. The lowest BCUT2D eigenvalue weighted by Crippen LogP contribution is -2.51. The van der Waals surface area contributed by atoms with Crippen molar-refractivity contribution in [2.45, 2.75) is 30.7 Å². The molecule has 0 saturated carbocycles. The Kier molecular flexibility index (Phi) is 5.52. The van der Waals surface area contributed by atoms with E-state index >= 15 is 0 Å². The van der Waals surface area contributed by atoms with Crippen molar-refractivity contribution in [2.75, 3.05) is 19.6 Å². The van der Waals surface area contributed by atoms with Gasteiger partial charge in [-0.15, -0.1) is 0 Å². The molecular formula is C18H21F3N4O2. The average Bonchev–Trinajstić information content (AvgIpc) is 3.16. The fraction of sp³-hybridized carbons (Fsp3) is 0.444. The van der Waals surface area contributed by atoms with Crippen LogP contribution in [-0.4, -0.2) is 46.6 Å². The molecule has 1 saturated heterocycles. The van der Waals surface area contributed by atoms with Crippen LogP contribution < -0.4 is 10.6 Å². The highest BCUT2D eigenvalue weighted by Crippen LogP contribution is 2.38. The third kappa shape index (κ3) is 4.14. The van der Waals surface area contributed by atoms with E-state index in [1.54, 1.807) is 16.9 Å². The van der Waals surface area contributed by atoms with Crippen molar-refractivity contribution in [2.24, 2.45) is 0 Å². The van der Waals surface area contributed by atoms with Gasteiger partial charge in [-0.25, -0.2) is 0 Å². The molecule has 2 atom stereocenters. The highest BCUT2D eigenvalue weighted by atomic mass is 19.4. The maximum atomic E-state index is 13.5. The van der Waals surface area contributed by atoms with Crippen molar-refractivity contribution in [1.29, 1.82) is 0 Å². The molecule has 2 heterocycles. The molecule has 9 heteroatoms. The van der Waals surface area contributed by atoms with E-state index in [1.807, 2.05) is 0 Å². The predicted octanol–water partition coefficient (Wildman–Crippen LogP) is 1.99. The largest absolute Gasteiger partial charge is 0.423 e. The number of aliphatic hydroxyl groups is 1. The first-order chi connectivity index (χ1) is 12.8. The lowest BCUT2D eigenvalue weighted by atomic mass is 9.93. The Morgan fingerprint density at radius 2 is 2.04 bits per heavy atom. The Hall–Kier alpha value is -2.39. The highest BCUT2D eigenvalue weighted by Gasteiger charge is 2.55. The van der Waals surface area contributed by atoms with Gasteiger partial charge in [-0.3, -0.25) is 9.48 Å². The van der Waals surface area contributed by atoms with Crippen LogP contribution in [0.4, 0.5) is 13.2 Å². The van der Waals surface area contributed by atoms with Crippen LogP contribution >= 0.6 is 0 Å². The number of aromatic nitrogens is 2. The molecule has 1 aromatic carbocycles. The zero-order valence-corrected chi connectivity index (χ0v) is 14.5. The molecule has 6 nitrogen and oxygen atoms in total. The minimum atomic E-state index is -4.95. The lowest BCUT2D eigenvalue weighted by Gasteiger charge is -2.31. The fourth-order valence-corrected chi connectivity index (χ4v) is 3.10. The number of nitrogens with zero attached hydrogens (tertiary/aromatic N) is 2. The van der Waals surface area contributed by atoms with Gasteiger partial charge in [0.25, 0.3) is 5.91 Å². The van der Waals surface area contributed by atoms with E-state index in [9.17, 15) is 23.1 Å². The van der Waals surface area contributed by atoms with E-state index in [0.717, 1.165) is 25.9 Å². The quantitative estimate of drug-likeness (QED) is 0.739. The van der Waals surface area contributed by atoms with Crippen LogP contribution in [-0.2, 0) is 5.60 Å². The molecular weight excluding hydrogens is 361 g/mol. The smallest absolute Gasteiger partial charge is 0.375 e. The molecule has 2 aromatic rings. The molecule has 3 rings (SSSR count). The van der Waals surface area contributed by atoms with E-state index in [0.29, 0.717) is 0 Å². The minimum Gasteiger partial charge on any atom is -0.375 e. The summed E-state index contributed by atoms with van der Waals surface area (Å²) in [5, 5.41) is 19.8. The van der Waals surface area contributed by atoms with Gasteiger partial charge < -0.3 is 15.7 Å². The number of carbonyl (C=O) groups excluding carboxylic acids is 1. The Labute approximate surface area is 154 Å². The standard InChI is InChI=1S/C18H21F3N4O2/c19-18(20,21)17(27,13-5-2-1-3-6-13)12-23-16(26)15-8-10-25(24-15)14-7-4-9-22-11-14/h1-3,5-6,8,10,14,22,27H,4,7,9,11-12H2,(H,23,26). The summed E-state index contributed by atoms with van der Waals surface area (Å²) in [5.74, 6) is -0.767. The van der Waals surface area contributed by atoms with Crippen molar-refractivity contribution in [3.8, 4) is 0 Å². The Morgan fingerprint density at radius 1 is 1.30 bits per heavy atom. The third-order valence-corrected chi connectivity index (χ3v) is 4.71. The van der Waals surface area contributed by atoms with Gasteiger partial charge in [-0.1, -0.05) is 30.3 Å². The van der Waals surface area contributed by atoms with Crippen LogP contribution in [0.15, 0.2) is 42.6 Å². The first-order valence-electron chi connectivity index (χ1n) is 8.70. The molecule has 146 valence electrons. The molecule has 0 radical (unpaired) electrons. The molecule has 0 spiro atoms. The predicted molar refractivity (Wildman–Crippen MR) is 92.1 cm³/mol. The van der Waals surface area contributed by atoms with Crippen LogP contribution in [0.25, 0.3) is 0 Å². The SMILES string of the molecule is O=C(NCC(O)(c1ccccc1)C(F)(F)F)c1ccn(C2CCCNC2)n1. The number of amides is 1. The van der Waals surface area contributed by atoms with Gasteiger partial charge in [0.15, 0.2) is 0 Å². The molecule has 1 aliphatic rings. The summed E-state index contributed by atoms with van der Waals surface area (Å²) >= 11 is 0. The number of halogens is 3. The van der Waals surface area contributed by atoms with Gasteiger partial charge in [-0.05, 0) is 31.0 Å². The van der Waals surface area contributed by atoms with E-state index in [-0.39, 0.29) is 17.3 Å².